The third-order valence-electron chi connectivity index (χ3n) is 2.49. The van der Waals surface area contributed by atoms with E-state index in [-0.39, 0.29) is 6.42 Å². The van der Waals surface area contributed by atoms with Crippen LogP contribution in [0.2, 0.25) is 0 Å². The first-order valence-corrected chi connectivity index (χ1v) is 5.18. The molecule has 0 aliphatic carbocycles. The summed E-state index contributed by atoms with van der Waals surface area (Å²) in [5.41, 5.74) is 1.42. The number of nitrogens with zero attached hydrogens (tertiary/aromatic N) is 2. The van der Waals surface area contributed by atoms with Gasteiger partial charge in [0.05, 0.1) is 18.2 Å². The fourth-order valence-corrected chi connectivity index (χ4v) is 1.70. The van der Waals surface area contributed by atoms with Gasteiger partial charge in [0.25, 0.3) is 0 Å². The Labute approximate surface area is 97.1 Å². The Morgan fingerprint density at radius 2 is 2.06 bits per heavy atom. The predicted octanol–water partition coefficient (Wildman–Crippen LogP) is 3.15. The molecule has 3 aromatic rings. The molecule has 1 aromatic carbocycles. The Hall–Kier alpha value is -2.54. The van der Waals surface area contributed by atoms with Crippen LogP contribution in [0.25, 0.3) is 22.5 Å². The quantitative estimate of drug-likeness (QED) is 0.670. The van der Waals surface area contributed by atoms with Crippen molar-refractivity contribution >= 4 is 11.0 Å². The molecule has 0 aliphatic heterocycles. The van der Waals surface area contributed by atoms with Crippen molar-refractivity contribution in [3.8, 4) is 17.6 Å². The highest BCUT2D eigenvalue weighted by atomic mass is 16.5. The molecule has 0 amide bonds. The predicted molar refractivity (Wildman–Crippen MR) is 61.0 cm³/mol. The molecule has 0 unspecified atom stereocenters. The second-order valence-electron chi connectivity index (χ2n) is 3.67. The van der Waals surface area contributed by atoms with Crippen molar-refractivity contribution in [2.75, 3.05) is 0 Å². The van der Waals surface area contributed by atoms with Crippen molar-refractivity contribution in [2.24, 2.45) is 0 Å². The van der Waals surface area contributed by atoms with Gasteiger partial charge in [0.15, 0.2) is 5.76 Å². The van der Waals surface area contributed by atoms with E-state index in [1.54, 1.807) is 6.07 Å². The number of furan rings is 1. The number of rotatable bonds is 2. The van der Waals surface area contributed by atoms with Gasteiger partial charge in [-0.3, -0.25) is 0 Å². The molecule has 0 fully saturated rings. The van der Waals surface area contributed by atoms with Crippen molar-refractivity contribution in [3.63, 3.8) is 0 Å². The standard InChI is InChI=1S/C13H8N2O2/c14-6-5-10-8-13(17-15-10)12-7-9-3-1-2-4-11(9)16-12/h1-4,7-8H,5H2. The minimum atomic E-state index is 0.240. The van der Waals surface area contributed by atoms with E-state index in [2.05, 4.69) is 5.16 Å². The summed E-state index contributed by atoms with van der Waals surface area (Å²) in [6.45, 7) is 0. The zero-order valence-electron chi connectivity index (χ0n) is 8.88. The fraction of sp³-hybridized carbons (Fsp3) is 0.0769. The molecule has 2 aromatic heterocycles. The zero-order chi connectivity index (χ0) is 11.7. The summed E-state index contributed by atoms with van der Waals surface area (Å²) in [4.78, 5) is 0. The molecular formula is C13H8N2O2. The van der Waals surface area contributed by atoms with Crippen molar-refractivity contribution in [3.05, 3.63) is 42.1 Å². The summed E-state index contributed by atoms with van der Waals surface area (Å²) in [6, 6.07) is 13.4. The lowest BCUT2D eigenvalue weighted by Crippen LogP contribution is -1.76. The molecule has 17 heavy (non-hydrogen) atoms. The molecule has 0 spiro atoms. The Balaban J connectivity index is 2.05. The van der Waals surface area contributed by atoms with Crippen LogP contribution in [0.1, 0.15) is 5.69 Å². The lowest BCUT2D eigenvalue weighted by molar-refractivity contribution is 0.415. The van der Waals surface area contributed by atoms with E-state index in [0.29, 0.717) is 17.2 Å². The first-order chi connectivity index (χ1) is 8.36. The van der Waals surface area contributed by atoms with E-state index in [1.807, 2.05) is 36.4 Å². The molecule has 0 atom stereocenters. The van der Waals surface area contributed by atoms with Gasteiger partial charge in [-0.05, 0) is 12.1 Å². The van der Waals surface area contributed by atoms with E-state index in [1.165, 1.54) is 0 Å². The number of nitriles is 1. The molecule has 2 heterocycles. The Morgan fingerprint density at radius 1 is 1.18 bits per heavy atom. The van der Waals surface area contributed by atoms with Crippen LogP contribution in [-0.2, 0) is 6.42 Å². The number of hydrogen-bond donors (Lipinski definition) is 0. The largest absolute Gasteiger partial charge is 0.453 e. The molecule has 0 radical (unpaired) electrons. The van der Waals surface area contributed by atoms with Gasteiger partial charge in [0, 0.05) is 11.5 Å². The summed E-state index contributed by atoms with van der Waals surface area (Å²) in [5, 5.41) is 13.4. The highest BCUT2D eigenvalue weighted by molar-refractivity contribution is 5.81. The fourth-order valence-electron chi connectivity index (χ4n) is 1.70. The summed E-state index contributed by atoms with van der Waals surface area (Å²) < 4.78 is 10.8. The van der Waals surface area contributed by atoms with Crippen LogP contribution in [0.3, 0.4) is 0 Å². The molecular weight excluding hydrogens is 216 g/mol. The second kappa shape index (κ2) is 3.80. The lowest BCUT2D eigenvalue weighted by atomic mass is 10.2. The minimum absolute atomic E-state index is 0.240. The topological polar surface area (TPSA) is 63.0 Å². The number of fused-ring (bicyclic) bond motifs is 1. The SMILES string of the molecule is N#CCc1cc(-c2cc3ccccc3o2)on1. The van der Waals surface area contributed by atoms with Crippen LogP contribution in [0.5, 0.6) is 0 Å². The first kappa shape index (κ1) is 9.67. The maximum absolute atomic E-state index is 8.56. The Morgan fingerprint density at radius 3 is 2.88 bits per heavy atom. The molecule has 4 nitrogen and oxygen atoms in total. The summed E-state index contributed by atoms with van der Waals surface area (Å²) in [7, 11) is 0. The highest BCUT2D eigenvalue weighted by Gasteiger charge is 2.11. The van der Waals surface area contributed by atoms with Gasteiger partial charge in [-0.2, -0.15) is 5.26 Å². The van der Waals surface area contributed by atoms with Crippen molar-refractivity contribution in [1.29, 1.82) is 5.26 Å². The van der Waals surface area contributed by atoms with Gasteiger partial charge in [-0.1, -0.05) is 23.4 Å². The molecule has 0 saturated carbocycles. The normalized spacial score (nSPS) is 10.5. The Kier molecular flexibility index (Phi) is 2.16. The average molecular weight is 224 g/mol. The van der Waals surface area contributed by atoms with Gasteiger partial charge in [0.1, 0.15) is 5.58 Å². The van der Waals surface area contributed by atoms with E-state index < -0.39 is 0 Å². The Bertz CT molecular complexity index is 670. The van der Waals surface area contributed by atoms with Crippen LogP contribution < -0.4 is 0 Å². The lowest BCUT2D eigenvalue weighted by Gasteiger charge is -1.85. The van der Waals surface area contributed by atoms with Crippen LogP contribution in [0.15, 0.2) is 45.3 Å². The van der Waals surface area contributed by atoms with Gasteiger partial charge in [-0.15, -0.1) is 0 Å². The summed E-state index contributed by atoms with van der Waals surface area (Å²) in [5.74, 6) is 1.18. The second-order valence-corrected chi connectivity index (χ2v) is 3.67. The van der Waals surface area contributed by atoms with Crippen molar-refractivity contribution < 1.29 is 8.94 Å². The molecule has 82 valence electrons. The van der Waals surface area contributed by atoms with E-state index in [0.717, 1.165) is 11.0 Å². The third kappa shape index (κ3) is 1.68. The number of para-hydroxylation sites is 1. The van der Waals surface area contributed by atoms with Crippen molar-refractivity contribution in [1.82, 2.24) is 5.16 Å². The van der Waals surface area contributed by atoms with E-state index in [9.17, 15) is 0 Å². The average Bonchev–Trinajstić information content (AvgIpc) is 2.94. The summed E-state index contributed by atoms with van der Waals surface area (Å²) in [6.07, 6.45) is 0.240. The molecule has 4 heteroatoms. The third-order valence-corrected chi connectivity index (χ3v) is 2.49. The van der Waals surface area contributed by atoms with Gasteiger partial charge in [0.2, 0.25) is 5.76 Å². The zero-order valence-corrected chi connectivity index (χ0v) is 8.88. The highest BCUT2D eigenvalue weighted by Crippen LogP contribution is 2.28. The smallest absolute Gasteiger partial charge is 0.202 e. The van der Waals surface area contributed by atoms with Crippen LogP contribution >= 0.6 is 0 Å². The van der Waals surface area contributed by atoms with Gasteiger partial charge >= 0.3 is 0 Å². The molecule has 0 saturated heterocycles. The van der Waals surface area contributed by atoms with Crippen molar-refractivity contribution in [2.45, 2.75) is 6.42 Å². The van der Waals surface area contributed by atoms with Crippen LogP contribution in [-0.4, -0.2) is 5.16 Å². The van der Waals surface area contributed by atoms with Crippen LogP contribution in [0, 0.1) is 11.3 Å². The minimum Gasteiger partial charge on any atom is -0.453 e. The molecule has 3 rings (SSSR count). The van der Waals surface area contributed by atoms with Gasteiger partial charge < -0.3 is 8.94 Å². The summed E-state index contributed by atoms with van der Waals surface area (Å²) >= 11 is 0. The number of hydrogen-bond acceptors (Lipinski definition) is 4. The molecule has 0 aliphatic rings. The van der Waals surface area contributed by atoms with E-state index in [4.69, 9.17) is 14.2 Å². The van der Waals surface area contributed by atoms with Gasteiger partial charge in [-0.25, -0.2) is 0 Å². The van der Waals surface area contributed by atoms with Crippen LogP contribution in [0.4, 0.5) is 0 Å². The maximum Gasteiger partial charge on any atom is 0.202 e. The molecule has 0 bridgehead atoms. The monoisotopic (exact) mass is 224 g/mol. The first-order valence-electron chi connectivity index (χ1n) is 5.18. The molecule has 0 N–H and O–H groups in total. The number of aromatic nitrogens is 1. The van der Waals surface area contributed by atoms with E-state index >= 15 is 0 Å². The maximum atomic E-state index is 8.56. The number of benzene rings is 1.